The third-order valence-corrected chi connectivity index (χ3v) is 3.98. The Hall–Kier alpha value is -1.15. The van der Waals surface area contributed by atoms with E-state index in [9.17, 15) is 4.79 Å². The van der Waals surface area contributed by atoms with Crippen molar-refractivity contribution in [3.8, 4) is 0 Å². The van der Waals surface area contributed by atoms with Gasteiger partial charge < -0.3 is 5.73 Å². The van der Waals surface area contributed by atoms with Crippen molar-refractivity contribution in [1.29, 1.82) is 0 Å². The molecule has 0 atom stereocenters. The molecule has 1 saturated carbocycles. The Balaban J connectivity index is 1.90. The molecule has 0 aliphatic heterocycles. The number of nitrogens with two attached hydrogens (primary N) is 1. The van der Waals surface area contributed by atoms with Crippen molar-refractivity contribution in [1.82, 2.24) is 0 Å². The van der Waals surface area contributed by atoms with Gasteiger partial charge in [0.2, 0.25) is 0 Å². The predicted molar refractivity (Wildman–Crippen MR) is 74.5 cm³/mol. The van der Waals surface area contributed by atoms with E-state index in [-0.39, 0.29) is 11.3 Å². The zero-order valence-corrected chi connectivity index (χ0v) is 11.2. The first-order valence-corrected chi connectivity index (χ1v) is 7.00. The summed E-state index contributed by atoms with van der Waals surface area (Å²) in [5, 5.41) is 0. The first kappa shape index (κ1) is 13.3. The lowest BCUT2D eigenvalue weighted by Crippen LogP contribution is -2.39. The minimum absolute atomic E-state index is 0.208. The highest BCUT2D eigenvalue weighted by atomic mass is 16.1. The van der Waals surface area contributed by atoms with Gasteiger partial charge in [-0.1, -0.05) is 44.0 Å². The van der Waals surface area contributed by atoms with E-state index in [0.29, 0.717) is 12.8 Å². The van der Waals surface area contributed by atoms with Crippen LogP contribution in [0.15, 0.2) is 24.3 Å². The van der Waals surface area contributed by atoms with Crippen molar-refractivity contribution in [2.75, 3.05) is 0 Å². The van der Waals surface area contributed by atoms with Crippen LogP contribution in [0, 0.1) is 0 Å². The van der Waals surface area contributed by atoms with Crippen molar-refractivity contribution < 1.29 is 4.79 Å². The van der Waals surface area contributed by atoms with Crippen LogP contribution in [-0.4, -0.2) is 11.3 Å². The molecule has 18 heavy (non-hydrogen) atoms. The highest BCUT2D eigenvalue weighted by molar-refractivity contribution is 5.82. The van der Waals surface area contributed by atoms with Crippen LogP contribution < -0.4 is 5.73 Å². The van der Waals surface area contributed by atoms with Crippen molar-refractivity contribution in [3.05, 3.63) is 35.4 Å². The largest absolute Gasteiger partial charge is 0.325 e. The van der Waals surface area contributed by atoms with Crippen LogP contribution in [0.2, 0.25) is 0 Å². The second-order valence-electron chi connectivity index (χ2n) is 5.63. The van der Waals surface area contributed by atoms with Crippen LogP contribution in [0.25, 0.3) is 0 Å². The zero-order valence-electron chi connectivity index (χ0n) is 11.2. The summed E-state index contributed by atoms with van der Waals surface area (Å²) in [7, 11) is 0. The molecule has 98 valence electrons. The van der Waals surface area contributed by atoms with Crippen molar-refractivity contribution in [2.24, 2.45) is 5.73 Å². The summed E-state index contributed by atoms with van der Waals surface area (Å²) in [5.41, 5.74) is 8.46. The number of aryl methyl sites for hydroxylation is 1. The van der Waals surface area contributed by atoms with Gasteiger partial charge in [0.05, 0.1) is 0 Å². The summed E-state index contributed by atoms with van der Waals surface area (Å²) < 4.78 is 0. The van der Waals surface area contributed by atoms with E-state index in [2.05, 4.69) is 31.2 Å². The fourth-order valence-electron chi connectivity index (χ4n) is 2.83. The number of hydrogen-bond acceptors (Lipinski definition) is 2. The number of carbonyl (C=O) groups is 1. The van der Waals surface area contributed by atoms with Gasteiger partial charge in [-0.2, -0.15) is 0 Å². The molecule has 0 unspecified atom stereocenters. The fourth-order valence-corrected chi connectivity index (χ4v) is 2.83. The topological polar surface area (TPSA) is 43.1 Å². The third-order valence-electron chi connectivity index (χ3n) is 3.98. The van der Waals surface area contributed by atoms with E-state index in [4.69, 9.17) is 5.73 Å². The van der Waals surface area contributed by atoms with E-state index < -0.39 is 0 Å². The molecule has 2 N–H and O–H groups in total. The van der Waals surface area contributed by atoms with Gasteiger partial charge in [0.15, 0.2) is 0 Å². The van der Waals surface area contributed by atoms with Gasteiger partial charge in [0.25, 0.3) is 0 Å². The Kier molecular flexibility index (Phi) is 4.18. The summed E-state index contributed by atoms with van der Waals surface area (Å²) >= 11 is 0. The van der Waals surface area contributed by atoms with Gasteiger partial charge in [0.1, 0.15) is 5.78 Å². The average molecular weight is 245 g/mol. The number of benzene rings is 1. The Morgan fingerprint density at radius 3 is 2.28 bits per heavy atom. The molecular weight excluding hydrogens is 222 g/mol. The summed E-state index contributed by atoms with van der Waals surface area (Å²) in [4.78, 5) is 12.0. The summed E-state index contributed by atoms with van der Waals surface area (Å²) in [5.74, 6) is 0.281. The van der Waals surface area contributed by atoms with Gasteiger partial charge in [-0.15, -0.1) is 0 Å². The highest BCUT2D eigenvalue weighted by Crippen LogP contribution is 2.30. The first-order valence-electron chi connectivity index (χ1n) is 7.00. The maximum atomic E-state index is 12.0. The van der Waals surface area contributed by atoms with Crippen LogP contribution in [0.4, 0.5) is 0 Å². The van der Waals surface area contributed by atoms with Gasteiger partial charge in [-0.25, -0.2) is 0 Å². The van der Waals surface area contributed by atoms with Gasteiger partial charge in [-0.3, -0.25) is 4.79 Å². The molecule has 1 aliphatic carbocycles. The van der Waals surface area contributed by atoms with Crippen molar-refractivity contribution in [3.63, 3.8) is 0 Å². The molecule has 2 nitrogen and oxygen atoms in total. The number of carbonyl (C=O) groups excluding carboxylic acids is 1. The van der Waals surface area contributed by atoms with E-state index >= 15 is 0 Å². The Morgan fingerprint density at radius 1 is 1.17 bits per heavy atom. The van der Waals surface area contributed by atoms with Crippen LogP contribution in [0.1, 0.15) is 50.2 Å². The maximum Gasteiger partial charge on any atom is 0.139 e. The SMILES string of the molecule is CCc1ccc(CC(=O)CC2(N)CCCC2)cc1. The van der Waals surface area contributed by atoms with Crippen LogP contribution >= 0.6 is 0 Å². The second kappa shape index (κ2) is 5.66. The minimum Gasteiger partial charge on any atom is -0.325 e. The lowest BCUT2D eigenvalue weighted by atomic mass is 9.90. The zero-order chi connectivity index (χ0) is 13.0. The molecule has 0 radical (unpaired) electrons. The van der Waals surface area contributed by atoms with E-state index in [1.54, 1.807) is 0 Å². The van der Waals surface area contributed by atoms with Crippen molar-refractivity contribution >= 4 is 5.78 Å². The van der Waals surface area contributed by atoms with Crippen molar-refractivity contribution in [2.45, 2.75) is 57.4 Å². The van der Waals surface area contributed by atoms with Gasteiger partial charge in [0, 0.05) is 18.4 Å². The number of hydrogen-bond donors (Lipinski definition) is 1. The smallest absolute Gasteiger partial charge is 0.139 e. The molecule has 0 aromatic heterocycles. The van der Waals surface area contributed by atoms with E-state index in [0.717, 1.165) is 24.8 Å². The Morgan fingerprint density at radius 2 is 1.72 bits per heavy atom. The molecule has 0 amide bonds. The number of Topliss-reactive ketones (excluding diaryl/α,β-unsaturated/α-hetero) is 1. The molecular formula is C16H23NO. The maximum absolute atomic E-state index is 12.0. The number of rotatable bonds is 5. The normalized spacial score (nSPS) is 17.9. The average Bonchev–Trinajstić information content (AvgIpc) is 2.76. The second-order valence-corrected chi connectivity index (χ2v) is 5.63. The van der Waals surface area contributed by atoms with Crippen LogP contribution in [0.3, 0.4) is 0 Å². The highest BCUT2D eigenvalue weighted by Gasteiger charge is 2.31. The molecule has 1 aromatic carbocycles. The molecule has 0 spiro atoms. The molecule has 0 saturated heterocycles. The summed E-state index contributed by atoms with van der Waals surface area (Å²) in [6.45, 7) is 2.14. The summed E-state index contributed by atoms with van der Waals surface area (Å²) in [6.07, 6.45) is 6.48. The van der Waals surface area contributed by atoms with Gasteiger partial charge >= 0.3 is 0 Å². The molecule has 0 heterocycles. The van der Waals surface area contributed by atoms with Crippen LogP contribution in [-0.2, 0) is 17.6 Å². The molecule has 0 bridgehead atoms. The molecule has 1 aromatic rings. The fraction of sp³-hybridized carbons (Fsp3) is 0.562. The minimum atomic E-state index is -0.208. The van der Waals surface area contributed by atoms with E-state index in [1.165, 1.54) is 18.4 Å². The molecule has 1 fully saturated rings. The quantitative estimate of drug-likeness (QED) is 0.866. The third kappa shape index (κ3) is 3.42. The predicted octanol–water partition coefficient (Wildman–Crippen LogP) is 3.02. The molecule has 2 heteroatoms. The Bertz CT molecular complexity index is 402. The van der Waals surface area contributed by atoms with Gasteiger partial charge in [-0.05, 0) is 30.4 Å². The molecule has 2 rings (SSSR count). The lowest BCUT2D eigenvalue weighted by Gasteiger charge is -2.22. The first-order chi connectivity index (χ1) is 8.61. The lowest BCUT2D eigenvalue weighted by molar-refractivity contribution is -0.119. The standard InChI is InChI=1S/C16H23NO/c1-2-13-5-7-14(8-6-13)11-15(18)12-16(17)9-3-4-10-16/h5-8H,2-4,9-12,17H2,1H3. The Labute approximate surface area is 110 Å². The monoisotopic (exact) mass is 245 g/mol. The summed E-state index contributed by atoms with van der Waals surface area (Å²) in [6, 6.07) is 8.34. The van der Waals surface area contributed by atoms with Crippen LogP contribution in [0.5, 0.6) is 0 Å². The van der Waals surface area contributed by atoms with E-state index in [1.807, 2.05) is 0 Å². The number of ketones is 1. The molecule has 1 aliphatic rings.